The van der Waals surface area contributed by atoms with Crippen molar-refractivity contribution in [3.63, 3.8) is 0 Å². The second kappa shape index (κ2) is 7.18. The van der Waals surface area contributed by atoms with Gasteiger partial charge in [-0.1, -0.05) is 11.8 Å². The fraction of sp³-hybridized carbons (Fsp3) is 0.467. The van der Waals surface area contributed by atoms with Crippen LogP contribution in [0.3, 0.4) is 0 Å². The van der Waals surface area contributed by atoms with Gasteiger partial charge in [0, 0.05) is 13.1 Å². The summed E-state index contributed by atoms with van der Waals surface area (Å²) in [5, 5.41) is 21.5. The third-order valence-electron chi connectivity index (χ3n) is 3.63. The van der Waals surface area contributed by atoms with E-state index in [1.165, 1.54) is 11.8 Å². The zero-order valence-electron chi connectivity index (χ0n) is 13.5. The molecule has 1 fully saturated rings. The number of hydrogen-bond donors (Lipinski definition) is 1. The first-order valence-corrected chi connectivity index (χ1v) is 8.65. The first-order valence-electron chi connectivity index (χ1n) is 7.66. The second-order valence-corrected chi connectivity index (χ2v) is 6.68. The maximum Gasteiger partial charge on any atom is 0.233 e. The number of carbonyl (C=O) groups excluding carboxylic acids is 1. The lowest BCUT2D eigenvalue weighted by Crippen LogP contribution is -2.48. The van der Waals surface area contributed by atoms with E-state index in [4.69, 9.17) is 4.74 Å². The highest BCUT2D eigenvalue weighted by atomic mass is 32.2. The van der Waals surface area contributed by atoms with Crippen LogP contribution in [0.25, 0.3) is 5.69 Å². The Labute approximate surface area is 143 Å². The van der Waals surface area contributed by atoms with Crippen molar-refractivity contribution in [3.8, 4) is 11.4 Å². The van der Waals surface area contributed by atoms with E-state index < -0.39 is 0 Å². The van der Waals surface area contributed by atoms with Crippen LogP contribution in [0.4, 0.5) is 0 Å². The number of rotatable bonds is 4. The molecule has 1 aliphatic heterocycles. The molecule has 0 saturated carbocycles. The van der Waals surface area contributed by atoms with Crippen molar-refractivity contribution >= 4 is 17.7 Å². The number of morpholine rings is 1. The fourth-order valence-corrected chi connectivity index (χ4v) is 3.42. The minimum Gasteiger partial charge on any atom is -0.508 e. The summed E-state index contributed by atoms with van der Waals surface area (Å²) < 4.78 is 7.19. The molecule has 2 heterocycles. The summed E-state index contributed by atoms with van der Waals surface area (Å²) in [4.78, 5) is 14.2. The van der Waals surface area contributed by atoms with Crippen LogP contribution in [-0.4, -0.2) is 67.2 Å². The average Bonchev–Trinajstić information content (AvgIpc) is 3.01. The molecule has 0 unspecified atom stereocenters. The van der Waals surface area contributed by atoms with Crippen molar-refractivity contribution in [3.05, 3.63) is 24.3 Å². The van der Waals surface area contributed by atoms with Gasteiger partial charge in [0.05, 0.1) is 23.6 Å². The van der Waals surface area contributed by atoms with E-state index in [0.29, 0.717) is 18.2 Å². The fourth-order valence-electron chi connectivity index (χ4n) is 2.62. The number of phenolic OH excluding ortho intramolecular Hbond substituents is 1. The standard InChI is InChI=1S/C15H19N5O3S/c1-10-7-19(8-11(2)23-10)14(22)9-24-15-16-17-18-20(15)12-3-5-13(21)6-4-12/h3-6,10-11,21H,7-9H2,1-2H3/t10-,11-/m1/s1. The molecule has 1 N–H and O–H groups in total. The average molecular weight is 349 g/mol. The maximum absolute atomic E-state index is 12.4. The predicted octanol–water partition coefficient (Wildman–Crippen LogP) is 1.10. The van der Waals surface area contributed by atoms with Gasteiger partial charge in [-0.3, -0.25) is 4.79 Å². The molecule has 3 rings (SSSR count). The van der Waals surface area contributed by atoms with Gasteiger partial charge in [0.2, 0.25) is 11.1 Å². The van der Waals surface area contributed by atoms with Gasteiger partial charge >= 0.3 is 0 Å². The number of aromatic nitrogens is 4. The number of phenols is 1. The van der Waals surface area contributed by atoms with Gasteiger partial charge in [0.1, 0.15) is 5.75 Å². The van der Waals surface area contributed by atoms with Crippen LogP contribution in [0.1, 0.15) is 13.8 Å². The molecule has 2 aromatic rings. The molecule has 128 valence electrons. The van der Waals surface area contributed by atoms with Gasteiger partial charge in [-0.15, -0.1) is 5.10 Å². The van der Waals surface area contributed by atoms with Gasteiger partial charge < -0.3 is 14.7 Å². The van der Waals surface area contributed by atoms with E-state index >= 15 is 0 Å². The second-order valence-electron chi connectivity index (χ2n) is 5.73. The summed E-state index contributed by atoms with van der Waals surface area (Å²) in [7, 11) is 0. The number of hydrogen-bond acceptors (Lipinski definition) is 7. The molecular weight excluding hydrogens is 330 g/mol. The molecule has 0 spiro atoms. The normalized spacial score (nSPS) is 21.0. The van der Waals surface area contributed by atoms with Crippen molar-refractivity contribution in [1.82, 2.24) is 25.1 Å². The van der Waals surface area contributed by atoms with Crippen LogP contribution < -0.4 is 0 Å². The van der Waals surface area contributed by atoms with Gasteiger partial charge in [0.25, 0.3) is 0 Å². The third-order valence-corrected chi connectivity index (χ3v) is 4.54. The van der Waals surface area contributed by atoms with Crippen LogP contribution in [0.5, 0.6) is 5.75 Å². The number of thioether (sulfide) groups is 1. The SMILES string of the molecule is C[C@@H]1CN(C(=O)CSc2nnnn2-c2ccc(O)cc2)C[C@@H](C)O1. The lowest BCUT2D eigenvalue weighted by atomic mass is 10.2. The van der Waals surface area contributed by atoms with Crippen molar-refractivity contribution in [1.29, 1.82) is 0 Å². The Morgan fingerprint density at radius 3 is 2.62 bits per heavy atom. The van der Waals surface area contributed by atoms with E-state index in [1.807, 2.05) is 18.7 Å². The van der Waals surface area contributed by atoms with E-state index in [2.05, 4.69) is 15.5 Å². The summed E-state index contributed by atoms with van der Waals surface area (Å²) >= 11 is 1.29. The van der Waals surface area contributed by atoms with Gasteiger partial charge in [0.15, 0.2) is 0 Å². The topological polar surface area (TPSA) is 93.4 Å². The number of nitrogens with zero attached hydrogens (tertiary/aromatic N) is 5. The number of ether oxygens (including phenoxy) is 1. The first-order chi connectivity index (χ1) is 11.5. The van der Waals surface area contributed by atoms with Crippen LogP contribution in [0, 0.1) is 0 Å². The maximum atomic E-state index is 12.4. The molecule has 9 heteroatoms. The summed E-state index contributed by atoms with van der Waals surface area (Å²) in [6.45, 7) is 5.14. The van der Waals surface area contributed by atoms with Gasteiger partial charge in [-0.05, 0) is 48.5 Å². The third kappa shape index (κ3) is 3.85. The summed E-state index contributed by atoms with van der Waals surface area (Å²) in [5.74, 6) is 0.478. The van der Waals surface area contributed by atoms with Crippen LogP contribution in [0.2, 0.25) is 0 Å². The zero-order chi connectivity index (χ0) is 17.1. The molecule has 0 radical (unpaired) electrons. The number of carbonyl (C=O) groups is 1. The Kier molecular flexibility index (Phi) is 5.00. The molecule has 1 aliphatic rings. The molecule has 0 bridgehead atoms. The molecule has 0 aliphatic carbocycles. The molecule has 8 nitrogen and oxygen atoms in total. The minimum absolute atomic E-state index is 0.0438. The number of amides is 1. The lowest BCUT2D eigenvalue weighted by Gasteiger charge is -2.35. The zero-order valence-corrected chi connectivity index (χ0v) is 14.3. The minimum atomic E-state index is 0.0438. The quantitative estimate of drug-likeness (QED) is 0.826. The summed E-state index contributed by atoms with van der Waals surface area (Å²) in [6.07, 6.45) is 0.0926. The number of aromatic hydroxyl groups is 1. The van der Waals surface area contributed by atoms with Crippen LogP contribution in [-0.2, 0) is 9.53 Å². The molecular formula is C15H19N5O3S. The molecule has 24 heavy (non-hydrogen) atoms. The highest BCUT2D eigenvalue weighted by Gasteiger charge is 2.26. The van der Waals surface area contributed by atoms with Crippen molar-refractivity contribution in [2.75, 3.05) is 18.8 Å². The van der Waals surface area contributed by atoms with E-state index in [-0.39, 0.29) is 29.6 Å². The predicted molar refractivity (Wildman–Crippen MR) is 88.1 cm³/mol. The molecule has 1 saturated heterocycles. The molecule has 1 aromatic heterocycles. The highest BCUT2D eigenvalue weighted by molar-refractivity contribution is 7.99. The van der Waals surface area contributed by atoms with Crippen molar-refractivity contribution in [2.24, 2.45) is 0 Å². The molecule has 2 atom stereocenters. The smallest absolute Gasteiger partial charge is 0.233 e. The van der Waals surface area contributed by atoms with E-state index in [1.54, 1.807) is 28.9 Å². The Bertz CT molecular complexity index is 695. The Balaban J connectivity index is 1.64. The van der Waals surface area contributed by atoms with Gasteiger partial charge in [-0.25, -0.2) is 0 Å². The van der Waals surface area contributed by atoms with E-state index in [0.717, 1.165) is 5.69 Å². The molecule has 1 amide bonds. The van der Waals surface area contributed by atoms with Crippen molar-refractivity contribution < 1.29 is 14.6 Å². The lowest BCUT2D eigenvalue weighted by molar-refractivity contribution is -0.140. The summed E-state index contributed by atoms with van der Waals surface area (Å²) in [5.41, 5.74) is 0.723. The monoisotopic (exact) mass is 349 g/mol. The van der Waals surface area contributed by atoms with Gasteiger partial charge in [-0.2, -0.15) is 4.68 Å². The summed E-state index contributed by atoms with van der Waals surface area (Å²) in [6, 6.07) is 6.55. The van der Waals surface area contributed by atoms with Crippen LogP contribution in [0.15, 0.2) is 29.4 Å². The number of tetrazole rings is 1. The van der Waals surface area contributed by atoms with Crippen LogP contribution >= 0.6 is 11.8 Å². The number of benzene rings is 1. The highest BCUT2D eigenvalue weighted by Crippen LogP contribution is 2.21. The Morgan fingerprint density at radius 1 is 1.29 bits per heavy atom. The molecule has 1 aromatic carbocycles. The van der Waals surface area contributed by atoms with Crippen molar-refractivity contribution in [2.45, 2.75) is 31.2 Å². The Morgan fingerprint density at radius 2 is 1.96 bits per heavy atom. The Hall–Kier alpha value is -2.13. The largest absolute Gasteiger partial charge is 0.508 e. The van der Waals surface area contributed by atoms with E-state index in [9.17, 15) is 9.90 Å². The first kappa shape index (κ1) is 16.7.